The molecule has 0 aliphatic heterocycles. The van der Waals surface area contributed by atoms with E-state index in [0.717, 1.165) is 0 Å². The summed E-state index contributed by atoms with van der Waals surface area (Å²) in [6.07, 6.45) is -0.996. The van der Waals surface area contributed by atoms with Crippen LogP contribution in [0.3, 0.4) is 0 Å². The second kappa shape index (κ2) is 7.93. The summed E-state index contributed by atoms with van der Waals surface area (Å²) in [5.74, 6) is 0. The molecule has 1 unspecified atom stereocenters. The van der Waals surface area contributed by atoms with Gasteiger partial charge in [0, 0.05) is 14.2 Å². The quantitative estimate of drug-likeness (QED) is 0.199. The van der Waals surface area contributed by atoms with Crippen molar-refractivity contribution >= 4 is 5.71 Å². The van der Waals surface area contributed by atoms with E-state index in [-0.39, 0.29) is 19.9 Å². The van der Waals surface area contributed by atoms with Crippen molar-refractivity contribution in [2.24, 2.45) is 5.10 Å². The SMILES string of the molecule is COCNN=C(COC)C(O)CO. The molecule has 0 spiro atoms. The number of ether oxygens (including phenoxy) is 2. The molecule has 0 saturated carbocycles. The minimum Gasteiger partial charge on any atom is -0.393 e. The number of rotatable bonds is 7. The molecule has 0 bridgehead atoms. The van der Waals surface area contributed by atoms with Gasteiger partial charge in [-0.1, -0.05) is 0 Å². The molecule has 0 radical (unpaired) electrons. The van der Waals surface area contributed by atoms with E-state index in [2.05, 4.69) is 15.3 Å². The number of nitrogens with one attached hydrogen (secondary N) is 1. The smallest absolute Gasteiger partial charge is 0.131 e. The van der Waals surface area contributed by atoms with Gasteiger partial charge in [-0.15, -0.1) is 0 Å². The van der Waals surface area contributed by atoms with E-state index in [0.29, 0.717) is 5.71 Å². The van der Waals surface area contributed by atoms with Gasteiger partial charge in [0.15, 0.2) is 0 Å². The van der Waals surface area contributed by atoms with E-state index in [4.69, 9.17) is 9.84 Å². The lowest BCUT2D eigenvalue weighted by Gasteiger charge is -2.10. The van der Waals surface area contributed by atoms with E-state index in [1.165, 1.54) is 14.2 Å². The minimum absolute atomic E-state index is 0.165. The van der Waals surface area contributed by atoms with Gasteiger partial charge in [-0.05, 0) is 0 Å². The van der Waals surface area contributed by atoms with Crippen LogP contribution in [0.2, 0.25) is 0 Å². The highest BCUT2D eigenvalue weighted by Gasteiger charge is 2.10. The van der Waals surface area contributed by atoms with Gasteiger partial charge in [0.05, 0.1) is 18.9 Å². The van der Waals surface area contributed by atoms with Crippen molar-refractivity contribution in [3.63, 3.8) is 0 Å². The molecule has 0 aliphatic carbocycles. The van der Waals surface area contributed by atoms with Gasteiger partial charge in [0.2, 0.25) is 0 Å². The Labute approximate surface area is 77.2 Å². The molecule has 1 atom stereocenters. The maximum absolute atomic E-state index is 9.21. The van der Waals surface area contributed by atoms with Crippen molar-refractivity contribution in [1.82, 2.24) is 5.43 Å². The standard InChI is InChI=1S/C7H16N2O4/c1-12-4-6(7(11)3-10)9-8-5-13-2/h7-8,10-11H,3-5H2,1-2H3. The van der Waals surface area contributed by atoms with Crippen LogP contribution in [0.1, 0.15) is 0 Å². The summed E-state index contributed by atoms with van der Waals surface area (Å²) in [5.41, 5.74) is 2.89. The van der Waals surface area contributed by atoms with Crippen LogP contribution < -0.4 is 5.43 Å². The highest BCUT2D eigenvalue weighted by atomic mass is 16.5. The van der Waals surface area contributed by atoms with Crippen molar-refractivity contribution in [2.75, 3.05) is 34.2 Å². The Bertz CT molecular complexity index is 151. The molecule has 0 aromatic carbocycles. The maximum atomic E-state index is 9.21. The molecule has 0 amide bonds. The Morgan fingerprint density at radius 1 is 1.46 bits per heavy atom. The Balaban J connectivity index is 3.97. The second-order valence-corrected chi connectivity index (χ2v) is 2.33. The normalized spacial score (nSPS) is 14.3. The largest absolute Gasteiger partial charge is 0.393 e. The Morgan fingerprint density at radius 2 is 2.15 bits per heavy atom. The Morgan fingerprint density at radius 3 is 2.62 bits per heavy atom. The van der Waals surface area contributed by atoms with Crippen molar-refractivity contribution in [2.45, 2.75) is 6.10 Å². The molecule has 78 valence electrons. The highest BCUT2D eigenvalue weighted by Crippen LogP contribution is 1.88. The van der Waals surface area contributed by atoms with Crippen LogP contribution in [0.5, 0.6) is 0 Å². The molecule has 0 fully saturated rings. The third-order valence-electron chi connectivity index (χ3n) is 1.28. The first-order valence-electron chi connectivity index (χ1n) is 3.82. The fourth-order valence-electron chi connectivity index (χ4n) is 0.655. The van der Waals surface area contributed by atoms with Crippen LogP contribution in [0, 0.1) is 0 Å². The van der Waals surface area contributed by atoms with Crippen molar-refractivity contribution in [3.05, 3.63) is 0 Å². The van der Waals surface area contributed by atoms with Crippen LogP contribution in [0.25, 0.3) is 0 Å². The number of aliphatic hydroxyl groups excluding tert-OH is 2. The Kier molecular flexibility index (Phi) is 7.51. The lowest BCUT2D eigenvalue weighted by atomic mass is 10.2. The van der Waals surface area contributed by atoms with Crippen LogP contribution in [0.4, 0.5) is 0 Å². The summed E-state index contributed by atoms with van der Waals surface area (Å²) in [6.45, 7) is 0.0284. The fourth-order valence-corrected chi connectivity index (χ4v) is 0.655. The topological polar surface area (TPSA) is 83.3 Å². The average Bonchev–Trinajstić information content (AvgIpc) is 2.16. The monoisotopic (exact) mass is 192 g/mol. The van der Waals surface area contributed by atoms with Gasteiger partial charge >= 0.3 is 0 Å². The van der Waals surface area contributed by atoms with E-state index in [9.17, 15) is 5.11 Å². The van der Waals surface area contributed by atoms with Crippen LogP contribution >= 0.6 is 0 Å². The number of aliphatic hydroxyl groups is 2. The summed E-state index contributed by atoms with van der Waals surface area (Å²) in [4.78, 5) is 0. The molecule has 0 aromatic rings. The number of methoxy groups -OCH3 is 2. The molecule has 6 nitrogen and oxygen atoms in total. The second-order valence-electron chi connectivity index (χ2n) is 2.33. The first-order valence-corrected chi connectivity index (χ1v) is 3.82. The summed E-state index contributed by atoms with van der Waals surface area (Å²) in [7, 11) is 3.00. The Hall–Kier alpha value is -0.690. The lowest BCUT2D eigenvalue weighted by Crippen LogP contribution is -2.30. The van der Waals surface area contributed by atoms with Gasteiger partial charge in [-0.25, -0.2) is 0 Å². The number of nitrogens with zero attached hydrogens (tertiary/aromatic N) is 1. The molecule has 0 aliphatic rings. The molecule has 0 heterocycles. The molecular weight excluding hydrogens is 176 g/mol. The zero-order valence-corrected chi connectivity index (χ0v) is 7.86. The fraction of sp³-hybridized carbons (Fsp3) is 0.857. The zero-order valence-electron chi connectivity index (χ0n) is 7.86. The molecule has 0 saturated heterocycles. The summed E-state index contributed by atoms with van der Waals surface area (Å²) in [6, 6.07) is 0. The van der Waals surface area contributed by atoms with E-state index < -0.39 is 6.10 Å². The van der Waals surface area contributed by atoms with E-state index in [1.807, 2.05) is 0 Å². The van der Waals surface area contributed by atoms with Crippen molar-refractivity contribution in [3.8, 4) is 0 Å². The van der Waals surface area contributed by atoms with Crippen molar-refractivity contribution < 1.29 is 19.7 Å². The van der Waals surface area contributed by atoms with Crippen LogP contribution in [0.15, 0.2) is 5.10 Å². The van der Waals surface area contributed by atoms with E-state index in [1.54, 1.807) is 0 Å². The zero-order chi connectivity index (χ0) is 10.1. The predicted molar refractivity (Wildman–Crippen MR) is 47.4 cm³/mol. The third kappa shape index (κ3) is 5.53. The molecule has 0 aromatic heterocycles. The summed E-state index contributed by atoms with van der Waals surface area (Å²) >= 11 is 0. The predicted octanol–water partition coefficient (Wildman–Crippen LogP) is -1.46. The maximum Gasteiger partial charge on any atom is 0.131 e. The summed E-state index contributed by atoms with van der Waals surface area (Å²) in [5, 5.41) is 21.6. The third-order valence-corrected chi connectivity index (χ3v) is 1.28. The van der Waals surface area contributed by atoms with Crippen LogP contribution in [-0.2, 0) is 9.47 Å². The van der Waals surface area contributed by atoms with E-state index >= 15 is 0 Å². The molecule has 13 heavy (non-hydrogen) atoms. The minimum atomic E-state index is -0.996. The van der Waals surface area contributed by atoms with Gasteiger partial charge in [0.25, 0.3) is 0 Å². The molecule has 3 N–H and O–H groups in total. The highest BCUT2D eigenvalue weighted by molar-refractivity contribution is 5.89. The first-order chi connectivity index (χ1) is 6.26. The van der Waals surface area contributed by atoms with Crippen LogP contribution in [-0.4, -0.2) is 56.2 Å². The lowest BCUT2D eigenvalue weighted by molar-refractivity contribution is 0.132. The number of hydrogen-bond donors (Lipinski definition) is 3. The van der Waals surface area contributed by atoms with Crippen molar-refractivity contribution in [1.29, 1.82) is 0 Å². The number of hydrazone groups is 1. The molecular formula is C7H16N2O4. The van der Waals surface area contributed by atoms with Gasteiger partial charge in [-0.3, -0.25) is 5.43 Å². The average molecular weight is 192 g/mol. The first kappa shape index (κ1) is 12.3. The van der Waals surface area contributed by atoms with Gasteiger partial charge < -0.3 is 19.7 Å². The van der Waals surface area contributed by atoms with Gasteiger partial charge in [0.1, 0.15) is 12.8 Å². The molecule has 0 rings (SSSR count). The number of hydrogen-bond acceptors (Lipinski definition) is 6. The molecule has 6 heteroatoms. The summed E-state index contributed by atoms with van der Waals surface area (Å²) < 4.78 is 9.46. The van der Waals surface area contributed by atoms with Gasteiger partial charge in [-0.2, -0.15) is 5.10 Å².